The number of methoxy groups -OCH3 is 2. The fraction of sp³-hybridized carbons (Fsp3) is 0.250. The Morgan fingerprint density at radius 3 is 1.18 bits per heavy atom. The fourth-order valence-corrected chi connectivity index (χ4v) is 7.36. The zero-order valence-corrected chi connectivity index (χ0v) is 35.7. The van der Waals surface area contributed by atoms with Gasteiger partial charge in [-0.25, -0.2) is 8.78 Å². The SMILES string of the molecule is COc1cc(N(CCc2ccc(C(F)(F)F)nc2)C(=O)[C@](O)(c2ccc(F)cc2)[C@](O)(C(=O)N(CCc2ccc(C(F)(F)F)nc2)c2ccc(C)c(OC)c2)c2ccc(F)cc2)ccc1C. The molecule has 0 radical (unpaired) electrons. The number of pyridine rings is 2. The fourth-order valence-electron chi connectivity index (χ4n) is 7.36. The third-order valence-corrected chi connectivity index (χ3v) is 11.0. The standard InChI is InChI=1S/C48H42F8N4O6/c1-29-5-17-37(25-39(29)65-3)59(23-21-31-7-19-41(57-27-31)47(51,52)53)43(61)45(63,33-9-13-35(49)14-10-33)46(64,34-11-15-36(50)16-12-34)44(62)60(38-18-6-30(2)40(26-38)66-4)24-22-32-8-20-42(58-28-32)48(54,55)56/h5-20,25-28,63-64H,21-24H2,1-4H3/t45-,46-/m1/s1. The number of alkyl halides is 6. The van der Waals surface area contributed by atoms with Gasteiger partial charge in [0.25, 0.3) is 11.8 Å². The minimum atomic E-state index is -4.76. The number of carbonyl (C=O) groups excluding carboxylic acids is 2. The van der Waals surface area contributed by atoms with E-state index in [1.807, 2.05) is 0 Å². The number of carbonyl (C=O) groups is 2. The molecule has 6 aromatic rings. The number of halogens is 8. The number of anilines is 2. The minimum Gasteiger partial charge on any atom is -0.496 e. The lowest BCUT2D eigenvalue weighted by atomic mass is 9.71. The van der Waals surface area contributed by atoms with Crippen molar-refractivity contribution in [2.75, 3.05) is 37.1 Å². The molecule has 2 atom stereocenters. The summed E-state index contributed by atoms with van der Waals surface area (Å²) >= 11 is 0. The van der Waals surface area contributed by atoms with Crippen LogP contribution in [0.15, 0.2) is 122 Å². The number of aryl methyl sites for hydroxylation is 2. The molecular weight excluding hydrogens is 881 g/mol. The maximum absolute atomic E-state index is 15.8. The van der Waals surface area contributed by atoms with Crippen LogP contribution in [0.3, 0.4) is 0 Å². The molecule has 346 valence electrons. The molecule has 18 heteroatoms. The highest BCUT2D eigenvalue weighted by Crippen LogP contribution is 2.46. The average Bonchev–Trinajstić information content (AvgIpc) is 3.29. The molecule has 0 unspecified atom stereocenters. The number of aliphatic hydroxyl groups is 2. The summed E-state index contributed by atoms with van der Waals surface area (Å²) in [6, 6.07) is 19.8. The minimum absolute atomic E-state index is 0.00620. The summed E-state index contributed by atoms with van der Waals surface area (Å²) in [6.07, 6.45) is -8.04. The van der Waals surface area contributed by atoms with Crippen molar-refractivity contribution in [3.8, 4) is 11.5 Å². The Morgan fingerprint density at radius 2 is 0.894 bits per heavy atom. The van der Waals surface area contributed by atoms with Crippen LogP contribution in [0.5, 0.6) is 11.5 Å². The third-order valence-electron chi connectivity index (χ3n) is 11.0. The molecule has 0 fully saturated rings. The maximum atomic E-state index is 15.8. The molecule has 2 amide bonds. The molecule has 0 saturated heterocycles. The van der Waals surface area contributed by atoms with E-state index in [1.165, 1.54) is 38.5 Å². The van der Waals surface area contributed by atoms with Gasteiger partial charge in [-0.1, -0.05) is 48.5 Å². The van der Waals surface area contributed by atoms with Gasteiger partial charge in [0.05, 0.1) is 14.2 Å². The number of amides is 2. The smallest absolute Gasteiger partial charge is 0.433 e. The molecule has 4 aromatic carbocycles. The Kier molecular flexibility index (Phi) is 14.2. The van der Waals surface area contributed by atoms with Crippen LogP contribution in [0.25, 0.3) is 0 Å². The van der Waals surface area contributed by atoms with Gasteiger partial charge in [-0.05, 0) is 109 Å². The van der Waals surface area contributed by atoms with Crippen molar-refractivity contribution in [3.05, 3.63) is 178 Å². The third kappa shape index (κ3) is 9.99. The van der Waals surface area contributed by atoms with Gasteiger partial charge in [0.1, 0.15) is 34.5 Å². The van der Waals surface area contributed by atoms with Gasteiger partial charge in [0, 0.05) is 49.0 Å². The Morgan fingerprint density at radius 1 is 0.545 bits per heavy atom. The van der Waals surface area contributed by atoms with Gasteiger partial charge in [-0.3, -0.25) is 19.6 Å². The van der Waals surface area contributed by atoms with Gasteiger partial charge in [-0.2, -0.15) is 26.3 Å². The number of aromatic nitrogens is 2. The summed E-state index contributed by atoms with van der Waals surface area (Å²) < 4.78 is 121. The highest BCUT2D eigenvalue weighted by Gasteiger charge is 2.64. The zero-order chi connectivity index (χ0) is 48.2. The molecule has 0 bridgehead atoms. The van der Waals surface area contributed by atoms with E-state index in [9.17, 15) is 45.3 Å². The van der Waals surface area contributed by atoms with E-state index < -0.39 is 82.6 Å². The van der Waals surface area contributed by atoms with Crippen LogP contribution in [-0.2, 0) is 46.0 Å². The molecular formula is C48H42F8N4O6. The summed E-state index contributed by atoms with van der Waals surface area (Å²) in [7, 11) is 2.70. The second-order valence-electron chi connectivity index (χ2n) is 15.3. The van der Waals surface area contributed by atoms with Crippen molar-refractivity contribution in [2.24, 2.45) is 0 Å². The highest BCUT2D eigenvalue weighted by atomic mass is 19.4. The summed E-state index contributed by atoms with van der Waals surface area (Å²) in [5.74, 6) is -4.05. The van der Waals surface area contributed by atoms with Crippen LogP contribution in [0, 0.1) is 25.5 Å². The quantitative estimate of drug-likeness (QED) is 0.0979. The van der Waals surface area contributed by atoms with E-state index in [0.29, 0.717) is 11.1 Å². The normalized spacial score (nSPS) is 13.6. The van der Waals surface area contributed by atoms with Crippen LogP contribution >= 0.6 is 0 Å². The van der Waals surface area contributed by atoms with Crippen LogP contribution in [0.1, 0.15) is 44.8 Å². The first-order chi connectivity index (χ1) is 31.1. The first-order valence-electron chi connectivity index (χ1n) is 20.1. The van der Waals surface area contributed by atoms with Gasteiger partial charge >= 0.3 is 12.4 Å². The molecule has 66 heavy (non-hydrogen) atoms. The van der Waals surface area contributed by atoms with E-state index in [0.717, 1.165) is 95.0 Å². The molecule has 0 spiro atoms. The van der Waals surface area contributed by atoms with Crippen molar-refractivity contribution in [2.45, 2.75) is 50.2 Å². The Hall–Kier alpha value is -6.92. The van der Waals surface area contributed by atoms with Crippen molar-refractivity contribution in [3.63, 3.8) is 0 Å². The molecule has 2 heterocycles. The molecule has 0 aliphatic rings. The van der Waals surface area contributed by atoms with E-state index in [2.05, 4.69) is 9.97 Å². The van der Waals surface area contributed by atoms with Gasteiger partial charge in [0.15, 0.2) is 0 Å². The molecule has 0 aliphatic carbocycles. The van der Waals surface area contributed by atoms with Gasteiger partial charge in [-0.15, -0.1) is 0 Å². The van der Waals surface area contributed by atoms with E-state index in [4.69, 9.17) is 9.47 Å². The van der Waals surface area contributed by atoms with Crippen molar-refractivity contribution < 1.29 is 64.4 Å². The first kappa shape index (κ1) is 48.5. The largest absolute Gasteiger partial charge is 0.496 e. The lowest BCUT2D eigenvalue weighted by Gasteiger charge is -2.46. The van der Waals surface area contributed by atoms with E-state index >= 15 is 9.59 Å². The monoisotopic (exact) mass is 922 g/mol. The second-order valence-corrected chi connectivity index (χ2v) is 15.3. The number of hydrogen-bond acceptors (Lipinski definition) is 8. The lowest BCUT2D eigenvalue weighted by Crippen LogP contribution is -2.66. The molecule has 2 N–H and O–H groups in total. The number of ether oxygens (including phenoxy) is 2. The van der Waals surface area contributed by atoms with Crippen LogP contribution in [0.2, 0.25) is 0 Å². The average molecular weight is 923 g/mol. The van der Waals surface area contributed by atoms with Gasteiger partial charge in [0.2, 0.25) is 11.2 Å². The van der Waals surface area contributed by atoms with Crippen LogP contribution in [0.4, 0.5) is 46.5 Å². The van der Waals surface area contributed by atoms with Crippen LogP contribution < -0.4 is 19.3 Å². The van der Waals surface area contributed by atoms with Crippen LogP contribution in [-0.4, -0.2) is 59.3 Å². The summed E-state index contributed by atoms with van der Waals surface area (Å²) in [5.41, 5.74) is -8.84. The Labute approximate surface area is 373 Å². The summed E-state index contributed by atoms with van der Waals surface area (Å²) in [6.45, 7) is 2.49. The predicted octanol–water partition coefficient (Wildman–Crippen LogP) is 9.05. The molecule has 10 nitrogen and oxygen atoms in total. The molecule has 6 rings (SSSR count). The molecule has 2 aromatic heterocycles. The highest BCUT2D eigenvalue weighted by molar-refractivity contribution is 6.10. The zero-order valence-electron chi connectivity index (χ0n) is 35.7. The molecule has 0 aliphatic heterocycles. The Balaban J connectivity index is 1.59. The molecule has 0 saturated carbocycles. The maximum Gasteiger partial charge on any atom is 0.433 e. The first-order valence-corrected chi connectivity index (χ1v) is 20.1. The summed E-state index contributed by atoms with van der Waals surface area (Å²) in [5, 5.41) is 27.0. The second kappa shape index (κ2) is 19.3. The van der Waals surface area contributed by atoms with E-state index in [1.54, 1.807) is 26.0 Å². The lowest BCUT2D eigenvalue weighted by molar-refractivity contribution is -0.188. The van der Waals surface area contributed by atoms with Crippen molar-refractivity contribution in [1.29, 1.82) is 0 Å². The number of rotatable bonds is 15. The van der Waals surface area contributed by atoms with E-state index in [-0.39, 0.29) is 46.8 Å². The number of benzene rings is 4. The van der Waals surface area contributed by atoms with Gasteiger partial charge < -0.3 is 29.5 Å². The van der Waals surface area contributed by atoms with Crippen molar-refractivity contribution >= 4 is 23.2 Å². The topological polar surface area (TPSA) is 125 Å². The van der Waals surface area contributed by atoms with Crippen molar-refractivity contribution in [1.82, 2.24) is 9.97 Å². The predicted molar refractivity (Wildman–Crippen MR) is 227 cm³/mol. The number of hydrogen-bond donors (Lipinski definition) is 2. The number of nitrogens with zero attached hydrogens (tertiary/aromatic N) is 4. The summed E-state index contributed by atoms with van der Waals surface area (Å²) in [4.78, 5) is 40.5. The Bertz CT molecular complexity index is 2480.